The van der Waals surface area contributed by atoms with Gasteiger partial charge in [-0.25, -0.2) is 0 Å². The largest absolute Gasteiger partial charge is 0.394 e. The summed E-state index contributed by atoms with van der Waals surface area (Å²) in [5.74, 6) is -0.133. The first-order valence-corrected chi connectivity index (χ1v) is 35.7. The van der Waals surface area contributed by atoms with Crippen molar-refractivity contribution in [3.8, 4) is 0 Å². The van der Waals surface area contributed by atoms with E-state index in [-0.39, 0.29) is 12.5 Å². The van der Waals surface area contributed by atoms with Crippen molar-refractivity contribution in [1.29, 1.82) is 0 Å². The van der Waals surface area contributed by atoms with Gasteiger partial charge in [0.15, 0.2) is 6.29 Å². The summed E-state index contributed by atoms with van der Waals surface area (Å²) in [6.45, 7) is 3.91. The van der Waals surface area contributed by atoms with Crippen LogP contribution in [0.5, 0.6) is 0 Å². The van der Waals surface area contributed by atoms with E-state index in [1.165, 1.54) is 321 Å². The summed E-state index contributed by atoms with van der Waals surface area (Å²) < 4.78 is 11.4. The first-order valence-electron chi connectivity index (χ1n) is 35.7. The van der Waals surface area contributed by atoms with Crippen molar-refractivity contribution in [2.75, 3.05) is 13.2 Å². The number of amides is 1. The van der Waals surface area contributed by atoms with E-state index in [4.69, 9.17) is 9.47 Å². The fourth-order valence-electron chi connectivity index (χ4n) is 12.1. The molecule has 1 aliphatic rings. The molecule has 1 amide bonds. The second-order valence-corrected chi connectivity index (χ2v) is 25.4. The summed E-state index contributed by atoms with van der Waals surface area (Å²) in [5, 5.41) is 54.9. The van der Waals surface area contributed by atoms with Crippen molar-refractivity contribution in [1.82, 2.24) is 5.32 Å². The number of carbonyl (C=O) groups excluding carboxylic acids is 1. The highest BCUT2D eigenvalue weighted by molar-refractivity contribution is 5.76. The van der Waals surface area contributed by atoms with E-state index >= 15 is 0 Å². The van der Waals surface area contributed by atoms with E-state index in [1.807, 2.05) is 0 Å². The fourth-order valence-corrected chi connectivity index (χ4v) is 12.1. The van der Waals surface area contributed by atoms with Crippen LogP contribution < -0.4 is 5.32 Å². The first-order chi connectivity index (χ1) is 38.8. The maximum absolute atomic E-state index is 13.1. The molecule has 472 valence electrons. The summed E-state index contributed by atoms with van der Waals surface area (Å²) >= 11 is 0. The Kier molecular flexibility index (Phi) is 58.2. The van der Waals surface area contributed by atoms with Crippen LogP contribution in [0.2, 0.25) is 0 Å². The summed E-state index contributed by atoms with van der Waals surface area (Å²) in [4.78, 5) is 13.1. The van der Waals surface area contributed by atoms with E-state index in [1.54, 1.807) is 0 Å². The molecule has 0 saturated carbocycles. The Morgan fingerprint density at radius 3 is 0.899 bits per heavy atom. The molecule has 1 saturated heterocycles. The Hall–Kier alpha value is -0.810. The van der Waals surface area contributed by atoms with Crippen molar-refractivity contribution in [2.24, 2.45) is 0 Å². The molecule has 1 rings (SSSR count). The van der Waals surface area contributed by atoms with Crippen molar-refractivity contribution < 1.29 is 39.8 Å². The van der Waals surface area contributed by atoms with Gasteiger partial charge in [-0.15, -0.1) is 0 Å². The smallest absolute Gasteiger partial charge is 0.220 e. The molecule has 9 nitrogen and oxygen atoms in total. The molecule has 1 heterocycles. The lowest BCUT2D eigenvalue weighted by Gasteiger charge is -2.40. The predicted molar refractivity (Wildman–Crippen MR) is 337 cm³/mol. The highest BCUT2D eigenvalue weighted by atomic mass is 16.7. The van der Waals surface area contributed by atoms with Crippen molar-refractivity contribution in [3.63, 3.8) is 0 Å². The van der Waals surface area contributed by atoms with Crippen molar-refractivity contribution >= 4 is 5.91 Å². The third-order valence-electron chi connectivity index (χ3n) is 17.7. The quantitative estimate of drug-likeness (QED) is 0.0330. The van der Waals surface area contributed by atoms with Crippen LogP contribution in [0.4, 0.5) is 0 Å². The van der Waals surface area contributed by atoms with Gasteiger partial charge in [-0.3, -0.25) is 4.79 Å². The van der Waals surface area contributed by atoms with Crippen molar-refractivity contribution in [2.45, 2.75) is 429 Å². The molecule has 7 unspecified atom stereocenters. The summed E-state index contributed by atoms with van der Waals surface area (Å²) in [7, 11) is 0. The van der Waals surface area contributed by atoms with Crippen LogP contribution in [0.3, 0.4) is 0 Å². The van der Waals surface area contributed by atoms with Gasteiger partial charge in [-0.05, 0) is 12.8 Å². The molecule has 1 aliphatic heterocycles. The highest BCUT2D eigenvalue weighted by Crippen LogP contribution is 2.24. The van der Waals surface area contributed by atoms with Gasteiger partial charge < -0.3 is 40.3 Å². The molecule has 0 bridgehead atoms. The molecular weight excluding hydrogens is 983 g/mol. The number of unbranched alkanes of at least 4 members (excludes halogenated alkanes) is 54. The third kappa shape index (κ3) is 49.2. The molecule has 1 fully saturated rings. The average molecular weight is 1120 g/mol. The summed E-state index contributed by atoms with van der Waals surface area (Å²) in [5.41, 5.74) is 0. The lowest BCUT2D eigenvalue weighted by molar-refractivity contribution is -0.302. The Morgan fingerprint density at radius 1 is 0.380 bits per heavy atom. The second-order valence-electron chi connectivity index (χ2n) is 25.4. The van der Waals surface area contributed by atoms with E-state index < -0.39 is 49.5 Å². The highest BCUT2D eigenvalue weighted by Gasteiger charge is 2.44. The number of carbonyl (C=O) groups is 1. The molecule has 79 heavy (non-hydrogen) atoms. The number of aliphatic hydroxyl groups excluding tert-OH is 5. The van der Waals surface area contributed by atoms with Crippen LogP contribution >= 0.6 is 0 Å². The zero-order chi connectivity index (χ0) is 57.2. The first kappa shape index (κ1) is 76.2. The zero-order valence-corrected chi connectivity index (χ0v) is 52.9. The molecule has 9 heteroatoms. The SMILES string of the molecule is CCCCCCCCCCCCCCCCCCCCCCCCCCCCCCCCCCCC(O)C(COC1OC(CO)C(O)C(O)C1O)NC(=O)CCCCCCCCCCCCCCCCCCCCCCCCC. The van der Waals surface area contributed by atoms with Gasteiger partial charge in [0.1, 0.15) is 24.4 Å². The molecule has 0 aromatic carbocycles. The molecular formula is C70H139NO8. The molecule has 6 N–H and O–H groups in total. The number of hydrogen-bond acceptors (Lipinski definition) is 8. The zero-order valence-electron chi connectivity index (χ0n) is 52.9. The third-order valence-corrected chi connectivity index (χ3v) is 17.7. The number of aliphatic hydroxyl groups is 5. The monoisotopic (exact) mass is 1120 g/mol. The molecule has 0 aliphatic carbocycles. The van der Waals surface area contributed by atoms with Gasteiger partial charge in [0.05, 0.1) is 25.4 Å². The van der Waals surface area contributed by atoms with E-state index in [2.05, 4.69) is 19.2 Å². The van der Waals surface area contributed by atoms with Crippen LogP contribution in [-0.2, 0) is 14.3 Å². The van der Waals surface area contributed by atoms with Gasteiger partial charge >= 0.3 is 0 Å². The Balaban J connectivity index is 2.08. The minimum absolute atomic E-state index is 0.130. The molecule has 0 aromatic rings. The van der Waals surface area contributed by atoms with E-state index in [0.717, 1.165) is 38.5 Å². The maximum atomic E-state index is 13.1. The molecule has 0 radical (unpaired) electrons. The molecule has 7 atom stereocenters. The van der Waals surface area contributed by atoms with Crippen LogP contribution in [0.25, 0.3) is 0 Å². The van der Waals surface area contributed by atoms with E-state index in [0.29, 0.717) is 12.8 Å². The minimum Gasteiger partial charge on any atom is -0.394 e. The number of nitrogens with one attached hydrogen (secondary N) is 1. The number of ether oxygens (including phenoxy) is 2. The Labute approximate surface area is 491 Å². The second kappa shape index (κ2) is 60.3. The van der Waals surface area contributed by atoms with Crippen LogP contribution in [0, 0.1) is 0 Å². The Morgan fingerprint density at radius 2 is 0.633 bits per heavy atom. The standard InChI is InChI=1S/C70H139NO8/c1-3-5-7-9-11-13-15-17-19-21-23-25-27-28-29-30-31-32-33-34-35-36-38-39-41-43-45-47-49-51-53-55-57-59-64(73)63(62-78-70-69(77)68(76)67(75)65(61-72)79-70)71-66(74)60-58-56-54-52-50-48-46-44-42-40-37-26-24-22-20-18-16-14-12-10-8-6-4-2/h63-65,67-70,72-73,75-77H,3-62H2,1-2H3,(H,71,74). The van der Waals surface area contributed by atoms with Crippen molar-refractivity contribution in [3.05, 3.63) is 0 Å². The lowest BCUT2D eigenvalue weighted by atomic mass is 9.99. The van der Waals surface area contributed by atoms with Crippen LogP contribution in [0.1, 0.15) is 386 Å². The lowest BCUT2D eigenvalue weighted by Crippen LogP contribution is -2.60. The summed E-state index contributed by atoms with van der Waals surface area (Å²) in [6, 6.07) is -0.715. The predicted octanol–water partition coefficient (Wildman–Crippen LogP) is 19.3. The summed E-state index contributed by atoms with van der Waals surface area (Å²) in [6.07, 6.45) is 69.0. The average Bonchev–Trinajstić information content (AvgIpc) is 3.47. The van der Waals surface area contributed by atoms with Gasteiger partial charge in [-0.1, -0.05) is 367 Å². The fraction of sp³-hybridized carbons (Fsp3) is 0.986. The van der Waals surface area contributed by atoms with Gasteiger partial charge in [0, 0.05) is 6.42 Å². The van der Waals surface area contributed by atoms with E-state index in [9.17, 15) is 30.3 Å². The van der Waals surface area contributed by atoms with Gasteiger partial charge in [0.2, 0.25) is 5.91 Å². The minimum atomic E-state index is -1.55. The topological polar surface area (TPSA) is 149 Å². The van der Waals surface area contributed by atoms with Crippen LogP contribution in [-0.4, -0.2) is 87.5 Å². The maximum Gasteiger partial charge on any atom is 0.220 e. The van der Waals surface area contributed by atoms with Crippen LogP contribution in [0.15, 0.2) is 0 Å². The Bertz CT molecular complexity index is 1210. The number of rotatable bonds is 64. The number of hydrogen-bond donors (Lipinski definition) is 6. The molecule has 0 aromatic heterocycles. The van der Waals surface area contributed by atoms with Gasteiger partial charge in [-0.2, -0.15) is 0 Å². The molecule has 0 spiro atoms. The normalized spacial score (nSPS) is 18.4. The van der Waals surface area contributed by atoms with Gasteiger partial charge in [0.25, 0.3) is 0 Å².